The zero-order valence-corrected chi connectivity index (χ0v) is 10.0. The van der Waals surface area contributed by atoms with Gasteiger partial charge >= 0.3 is 0 Å². The number of nitrogens with zero attached hydrogens (tertiary/aromatic N) is 2. The van der Waals surface area contributed by atoms with E-state index in [-0.39, 0.29) is 23.3 Å². The van der Waals surface area contributed by atoms with E-state index in [9.17, 15) is 9.59 Å². The fourth-order valence-electron chi connectivity index (χ4n) is 1.90. The van der Waals surface area contributed by atoms with E-state index in [1.807, 2.05) is 0 Å². The molecule has 1 N–H and O–H groups in total. The molecule has 1 saturated carbocycles. The minimum atomic E-state index is -0.275. The molecule has 18 heavy (non-hydrogen) atoms. The lowest BCUT2D eigenvalue weighted by Crippen LogP contribution is -2.33. The van der Waals surface area contributed by atoms with Gasteiger partial charge in [-0.05, 0) is 25.0 Å². The fraction of sp³-hybridized carbons (Fsp3) is 0.308. The molecule has 0 saturated heterocycles. The molecule has 0 unspecified atom stereocenters. The van der Waals surface area contributed by atoms with Crippen LogP contribution in [0.5, 0.6) is 0 Å². The van der Waals surface area contributed by atoms with Gasteiger partial charge in [-0.15, -0.1) is 0 Å². The summed E-state index contributed by atoms with van der Waals surface area (Å²) in [5, 5.41) is 3.37. The van der Waals surface area contributed by atoms with Gasteiger partial charge in [0.25, 0.3) is 11.5 Å². The van der Waals surface area contributed by atoms with Gasteiger partial charge in [0.2, 0.25) is 5.82 Å². The number of para-hydroxylation sites is 1. The Hall–Kier alpha value is -2.17. The van der Waals surface area contributed by atoms with Crippen LogP contribution in [0.3, 0.4) is 0 Å². The van der Waals surface area contributed by atoms with E-state index in [2.05, 4.69) is 10.3 Å². The Bertz CT molecular complexity index is 686. The quantitative estimate of drug-likeness (QED) is 0.849. The Morgan fingerprint density at radius 3 is 2.83 bits per heavy atom. The summed E-state index contributed by atoms with van der Waals surface area (Å²) in [4.78, 5) is 28.3. The van der Waals surface area contributed by atoms with Gasteiger partial charge in [0, 0.05) is 13.1 Å². The monoisotopic (exact) mass is 243 g/mol. The van der Waals surface area contributed by atoms with Crippen molar-refractivity contribution in [2.75, 3.05) is 0 Å². The van der Waals surface area contributed by atoms with Crippen LogP contribution in [0.2, 0.25) is 0 Å². The molecule has 1 aliphatic rings. The largest absolute Gasteiger partial charge is 0.347 e. The topological polar surface area (TPSA) is 64.0 Å². The van der Waals surface area contributed by atoms with Crippen LogP contribution in [0.1, 0.15) is 23.5 Å². The van der Waals surface area contributed by atoms with Crippen LogP contribution in [0.25, 0.3) is 10.9 Å². The van der Waals surface area contributed by atoms with Crippen molar-refractivity contribution in [3.8, 4) is 0 Å². The number of rotatable bonds is 2. The molecule has 1 amide bonds. The maximum Gasteiger partial charge on any atom is 0.287 e. The lowest BCUT2D eigenvalue weighted by molar-refractivity contribution is 0.0936. The zero-order valence-electron chi connectivity index (χ0n) is 10.0. The number of benzene rings is 1. The van der Waals surface area contributed by atoms with Crippen LogP contribution in [-0.2, 0) is 7.05 Å². The average molecular weight is 243 g/mol. The predicted molar refractivity (Wildman–Crippen MR) is 67.5 cm³/mol. The zero-order chi connectivity index (χ0) is 12.7. The molecular formula is C13H13N3O2. The second kappa shape index (κ2) is 3.94. The predicted octanol–water partition coefficient (Wildman–Crippen LogP) is 0.826. The maximum absolute atomic E-state index is 12.1. The van der Waals surface area contributed by atoms with Crippen molar-refractivity contribution < 1.29 is 4.79 Å². The molecule has 1 aliphatic carbocycles. The van der Waals surface area contributed by atoms with E-state index in [1.54, 1.807) is 31.3 Å². The Morgan fingerprint density at radius 2 is 2.11 bits per heavy atom. The van der Waals surface area contributed by atoms with Crippen molar-refractivity contribution in [3.63, 3.8) is 0 Å². The van der Waals surface area contributed by atoms with E-state index in [0.717, 1.165) is 12.8 Å². The summed E-state index contributed by atoms with van der Waals surface area (Å²) < 4.78 is 1.31. The number of carbonyl (C=O) groups excluding carboxylic acids is 1. The smallest absolute Gasteiger partial charge is 0.287 e. The van der Waals surface area contributed by atoms with Gasteiger partial charge < -0.3 is 5.32 Å². The molecule has 0 atom stereocenters. The van der Waals surface area contributed by atoms with Gasteiger partial charge in [-0.1, -0.05) is 12.1 Å². The van der Waals surface area contributed by atoms with Crippen molar-refractivity contribution in [1.29, 1.82) is 0 Å². The van der Waals surface area contributed by atoms with Gasteiger partial charge in [0.1, 0.15) is 0 Å². The fourth-order valence-corrected chi connectivity index (χ4v) is 1.90. The summed E-state index contributed by atoms with van der Waals surface area (Å²) in [5.74, 6) is -0.103. The molecule has 1 fully saturated rings. The van der Waals surface area contributed by atoms with Crippen LogP contribution in [0, 0.1) is 0 Å². The third kappa shape index (κ3) is 1.77. The van der Waals surface area contributed by atoms with E-state index in [1.165, 1.54) is 4.57 Å². The van der Waals surface area contributed by atoms with Gasteiger partial charge in [0.15, 0.2) is 0 Å². The molecule has 1 heterocycles. The molecule has 1 aromatic heterocycles. The minimum Gasteiger partial charge on any atom is -0.347 e. The van der Waals surface area contributed by atoms with Gasteiger partial charge in [-0.25, -0.2) is 4.98 Å². The first-order valence-corrected chi connectivity index (χ1v) is 5.93. The molecule has 0 bridgehead atoms. The number of hydrogen-bond donors (Lipinski definition) is 1. The molecule has 0 spiro atoms. The standard InChI is InChI=1S/C13H13N3O2/c1-16-11(12(17)14-8-6-7-8)15-10-5-3-2-4-9(10)13(16)18/h2-5,8H,6-7H2,1H3,(H,14,17). The van der Waals surface area contributed by atoms with Crippen molar-refractivity contribution in [1.82, 2.24) is 14.9 Å². The molecular weight excluding hydrogens is 230 g/mol. The highest BCUT2D eigenvalue weighted by Gasteiger charge is 2.25. The number of nitrogens with one attached hydrogen (secondary N) is 1. The molecule has 3 rings (SSSR count). The van der Waals surface area contributed by atoms with Crippen molar-refractivity contribution >= 4 is 16.8 Å². The Labute approximate surface area is 103 Å². The normalized spacial score (nSPS) is 14.7. The van der Waals surface area contributed by atoms with Crippen LogP contribution < -0.4 is 10.9 Å². The SMILES string of the molecule is Cn1c(C(=O)NC2CC2)nc2ccccc2c1=O. The Kier molecular flexibility index (Phi) is 2.40. The first kappa shape index (κ1) is 11.0. The second-order valence-corrected chi connectivity index (χ2v) is 4.56. The summed E-state index contributed by atoms with van der Waals surface area (Å²) in [7, 11) is 1.57. The minimum absolute atomic E-state index is 0.172. The first-order chi connectivity index (χ1) is 8.66. The highest BCUT2D eigenvalue weighted by molar-refractivity contribution is 5.93. The number of carbonyl (C=O) groups is 1. The third-order valence-corrected chi connectivity index (χ3v) is 3.10. The Morgan fingerprint density at radius 1 is 1.39 bits per heavy atom. The van der Waals surface area contributed by atoms with Crippen molar-refractivity contribution in [2.45, 2.75) is 18.9 Å². The number of hydrogen-bond acceptors (Lipinski definition) is 3. The highest BCUT2D eigenvalue weighted by atomic mass is 16.2. The molecule has 1 aromatic carbocycles. The molecule has 5 nitrogen and oxygen atoms in total. The van der Waals surface area contributed by atoms with Crippen LogP contribution in [0.4, 0.5) is 0 Å². The first-order valence-electron chi connectivity index (χ1n) is 5.93. The molecule has 92 valence electrons. The summed E-state index contributed by atoms with van der Waals surface area (Å²) >= 11 is 0. The van der Waals surface area contributed by atoms with Gasteiger partial charge in [0.05, 0.1) is 10.9 Å². The number of amides is 1. The van der Waals surface area contributed by atoms with Crippen LogP contribution >= 0.6 is 0 Å². The Balaban J connectivity index is 2.14. The van der Waals surface area contributed by atoms with Gasteiger partial charge in [-0.2, -0.15) is 0 Å². The third-order valence-electron chi connectivity index (χ3n) is 3.10. The average Bonchev–Trinajstić information content (AvgIpc) is 3.17. The lowest BCUT2D eigenvalue weighted by atomic mass is 10.2. The summed E-state index contributed by atoms with van der Waals surface area (Å²) in [6, 6.07) is 7.30. The molecule has 0 radical (unpaired) electrons. The summed E-state index contributed by atoms with van der Waals surface area (Å²) in [6.45, 7) is 0. The summed E-state index contributed by atoms with van der Waals surface area (Å²) in [6.07, 6.45) is 2.01. The maximum atomic E-state index is 12.1. The molecule has 2 aromatic rings. The van der Waals surface area contributed by atoms with Crippen molar-refractivity contribution in [3.05, 3.63) is 40.4 Å². The second-order valence-electron chi connectivity index (χ2n) is 4.56. The van der Waals surface area contributed by atoms with E-state index in [0.29, 0.717) is 10.9 Å². The van der Waals surface area contributed by atoms with Crippen LogP contribution in [0.15, 0.2) is 29.1 Å². The number of fused-ring (bicyclic) bond motifs is 1. The highest BCUT2D eigenvalue weighted by Crippen LogP contribution is 2.19. The summed E-state index contributed by atoms with van der Waals surface area (Å²) in [5.41, 5.74) is 0.364. The molecule has 0 aliphatic heterocycles. The lowest BCUT2D eigenvalue weighted by Gasteiger charge is -2.08. The number of aromatic nitrogens is 2. The molecule has 5 heteroatoms. The van der Waals surface area contributed by atoms with Crippen LogP contribution in [-0.4, -0.2) is 21.5 Å². The van der Waals surface area contributed by atoms with Crippen molar-refractivity contribution in [2.24, 2.45) is 7.05 Å². The van der Waals surface area contributed by atoms with Gasteiger partial charge in [-0.3, -0.25) is 14.2 Å². The van der Waals surface area contributed by atoms with E-state index < -0.39 is 0 Å². The van der Waals surface area contributed by atoms with E-state index in [4.69, 9.17) is 0 Å². The van der Waals surface area contributed by atoms with E-state index >= 15 is 0 Å².